The number of hydrogen-bond acceptors (Lipinski definition) is 8. The molecule has 1 saturated heterocycles. The van der Waals surface area contributed by atoms with E-state index in [2.05, 4.69) is 68.5 Å². The number of carbonyl (C=O) groups is 2. The minimum Gasteiger partial charge on any atom is -0.449 e. The predicted octanol–water partition coefficient (Wildman–Crippen LogP) is 5.40. The number of anilines is 1. The van der Waals surface area contributed by atoms with Crippen molar-refractivity contribution in [1.29, 1.82) is 0 Å². The second kappa shape index (κ2) is 15.1. The summed E-state index contributed by atoms with van der Waals surface area (Å²) in [5.74, 6) is 0.922. The van der Waals surface area contributed by atoms with Crippen molar-refractivity contribution in [1.82, 2.24) is 15.6 Å². The third-order valence-corrected chi connectivity index (χ3v) is 7.38. The Balaban J connectivity index is 0.000000592. The number of hydrogen-bond donors (Lipinski definition) is 2. The van der Waals surface area contributed by atoms with E-state index in [0.717, 1.165) is 48.2 Å². The monoisotopic (exact) mass is 567 g/mol. The number of rotatable bonds is 7. The summed E-state index contributed by atoms with van der Waals surface area (Å²) in [5.41, 5.74) is 2.85. The van der Waals surface area contributed by atoms with Gasteiger partial charge in [0.15, 0.2) is 0 Å². The first-order valence-corrected chi connectivity index (χ1v) is 16.6. The van der Waals surface area contributed by atoms with Crippen LogP contribution in [-0.4, -0.2) is 86.3 Å². The van der Waals surface area contributed by atoms with Crippen molar-refractivity contribution < 1.29 is 20.5 Å². The molecule has 0 spiro atoms. The van der Waals surface area contributed by atoms with E-state index < -0.39 is 21.7 Å². The van der Waals surface area contributed by atoms with Crippen LogP contribution in [0, 0.1) is 0 Å². The van der Waals surface area contributed by atoms with Crippen molar-refractivity contribution in [3.8, 4) is 11.3 Å². The van der Waals surface area contributed by atoms with Crippen LogP contribution >= 0.6 is 21.4 Å². The molecule has 2 aromatic rings. The fourth-order valence-corrected chi connectivity index (χ4v) is 4.59. The minimum absolute atomic E-state index is 0. The van der Waals surface area contributed by atoms with Gasteiger partial charge in [-0.3, -0.25) is 0 Å². The Kier molecular flexibility index (Phi) is 12.5. The van der Waals surface area contributed by atoms with Crippen LogP contribution in [0.2, 0.25) is 0 Å². The molecule has 2 heterocycles. The highest BCUT2D eigenvalue weighted by Gasteiger charge is 2.14. The summed E-state index contributed by atoms with van der Waals surface area (Å²) in [5, 5.41) is 9.07. The lowest BCUT2D eigenvalue weighted by Gasteiger charge is -2.29. The van der Waals surface area contributed by atoms with Crippen molar-refractivity contribution in [2.24, 2.45) is 4.99 Å². The number of aromatic nitrogens is 1. The Hall–Kier alpha value is -2.63. The van der Waals surface area contributed by atoms with Crippen molar-refractivity contribution in [2.75, 3.05) is 62.2 Å². The fraction of sp³-hybridized carbons (Fsp3) is 0.556. The second-order valence-electron chi connectivity index (χ2n) is 10.6. The maximum absolute atomic E-state index is 11.8. The highest BCUT2D eigenvalue weighted by molar-refractivity contribution is 8.32. The SMILES string of the molecule is C/C=N\C(=O)OC(C)(C)C.CS(C)(C)CCOC(=O)NCc1nc(-c2ccc(N3CCNCC3)cc2)cs1.[HH]. The quantitative estimate of drug-likeness (QED) is 0.432. The Morgan fingerprint density at radius 1 is 1.21 bits per heavy atom. The summed E-state index contributed by atoms with van der Waals surface area (Å²) in [6.07, 6.45) is 7.13. The molecule has 1 aliphatic rings. The van der Waals surface area contributed by atoms with E-state index in [4.69, 9.17) is 9.47 Å². The molecule has 3 rings (SSSR count). The number of carbonyl (C=O) groups excluding carboxylic acids is 2. The number of thiazole rings is 1. The van der Waals surface area contributed by atoms with Crippen LogP contribution in [-0.2, 0) is 16.0 Å². The van der Waals surface area contributed by atoms with E-state index in [0.29, 0.717) is 13.2 Å². The van der Waals surface area contributed by atoms with Crippen molar-refractivity contribution in [2.45, 2.75) is 39.8 Å². The molecule has 11 heteroatoms. The van der Waals surface area contributed by atoms with Gasteiger partial charge in [0, 0.05) is 56.2 Å². The minimum atomic E-state index is -0.646. The van der Waals surface area contributed by atoms with E-state index >= 15 is 0 Å². The Morgan fingerprint density at radius 3 is 2.45 bits per heavy atom. The van der Waals surface area contributed by atoms with Crippen molar-refractivity contribution >= 4 is 45.5 Å². The number of amides is 2. The Bertz CT molecular complexity index is 1040. The standard InChI is InChI=1S/C20H30N4O2S2.C7H13NO2.H2/c1-28(2,3)13-12-26-20(25)22-14-19-23-18(15-27-19)16-4-6-17(7-5-16)24-10-8-21-9-11-24;1-5-8-6(9)10-7(2,3)4;/h4-7,15,21H,8-14H2,1-3H3,(H,22,25);5H,1-4H3;1H/b;8-5-;. The topological polar surface area (TPSA) is 105 Å². The van der Waals surface area contributed by atoms with E-state index in [1.807, 2.05) is 5.38 Å². The summed E-state index contributed by atoms with van der Waals surface area (Å²) < 4.78 is 10.1. The van der Waals surface area contributed by atoms with Gasteiger partial charge in [-0.05, 0) is 58.6 Å². The first-order valence-electron chi connectivity index (χ1n) is 12.6. The molecular weight excluding hydrogens is 522 g/mol. The molecule has 0 bridgehead atoms. The molecule has 214 valence electrons. The molecule has 1 aromatic heterocycles. The zero-order valence-electron chi connectivity index (χ0n) is 23.7. The van der Waals surface area contributed by atoms with E-state index in [1.165, 1.54) is 11.9 Å². The average Bonchev–Trinajstić information content (AvgIpc) is 3.31. The molecule has 0 radical (unpaired) electrons. The third kappa shape index (κ3) is 12.7. The molecule has 0 saturated carbocycles. The molecule has 0 aliphatic carbocycles. The second-order valence-corrected chi connectivity index (χ2v) is 16.1. The van der Waals surface area contributed by atoms with Gasteiger partial charge >= 0.3 is 12.2 Å². The number of ether oxygens (including phenoxy) is 2. The Labute approximate surface area is 234 Å². The third-order valence-electron chi connectivity index (χ3n) is 5.14. The molecule has 0 unspecified atom stereocenters. The lowest BCUT2D eigenvalue weighted by Crippen LogP contribution is -2.43. The van der Waals surface area contributed by atoms with Crippen LogP contribution < -0.4 is 15.5 Å². The number of nitrogens with zero attached hydrogens (tertiary/aromatic N) is 3. The molecule has 0 atom stereocenters. The lowest BCUT2D eigenvalue weighted by molar-refractivity contribution is 0.0605. The number of aliphatic imine (C=N–C) groups is 1. The van der Waals surface area contributed by atoms with Gasteiger partial charge in [-0.25, -0.2) is 24.6 Å². The summed E-state index contributed by atoms with van der Waals surface area (Å²) >= 11 is 1.55. The number of nitrogens with one attached hydrogen (secondary N) is 2. The average molecular weight is 568 g/mol. The van der Waals surface area contributed by atoms with Crippen LogP contribution in [0.4, 0.5) is 15.3 Å². The number of alkyl carbamates (subject to hydrolysis) is 1. The van der Waals surface area contributed by atoms with Crippen LogP contribution in [0.15, 0.2) is 34.6 Å². The maximum Gasteiger partial charge on any atom is 0.433 e. The van der Waals surface area contributed by atoms with Gasteiger partial charge in [0.1, 0.15) is 17.2 Å². The van der Waals surface area contributed by atoms with Crippen LogP contribution in [0.5, 0.6) is 0 Å². The van der Waals surface area contributed by atoms with Gasteiger partial charge in [-0.2, -0.15) is 4.99 Å². The molecule has 1 fully saturated rings. The van der Waals surface area contributed by atoms with E-state index in [1.54, 1.807) is 39.0 Å². The number of benzene rings is 1. The molecule has 9 nitrogen and oxygen atoms in total. The Morgan fingerprint density at radius 2 is 1.87 bits per heavy atom. The zero-order valence-corrected chi connectivity index (χ0v) is 25.3. The largest absolute Gasteiger partial charge is 0.449 e. The molecule has 1 aliphatic heterocycles. The lowest BCUT2D eigenvalue weighted by atomic mass is 10.1. The van der Waals surface area contributed by atoms with Gasteiger partial charge in [-0.1, -0.05) is 12.1 Å². The summed E-state index contributed by atoms with van der Waals surface area (Å²) in [4.78, 5) is 32.9. The molecule has 1 aromatic carbocycles. The summed E-state index contributed by atoms with van der Waals surface area (Å²) in [6, 6.07) is 8.55. The van der Waals surface area contributed by atoms with Gasteiger partial charge in [0.25, 0.3) is 0 Å². The summed E-state index contributed by atoms with van der Waals surface area (Å²) in [6.45, 7) is 12.1. The summed E-state index contributed by atoms with van der Waals surface area (Å²) in [7, 11) is -0.646. The maximum atomic E-state index is 11.8. The van der Waals surface area contributed by atoms with E-state index in [9.17, 15) is 9.59 Å². The van der Waals surface area contributed by atoms with E-state index in [-0.39, 0.29) is 7.52 Å². The van der Waals surface area contributed by atoms with Crippen molar-refractivity contribution in [3.05, 3.63) is 34.7 Å². The molecular formula is C27H45N5O4S2. The first-order chi connectivity index (χ1) is 17.9. The van der Waals surface area contributed by atoms with Gasteiger partial charge in [-0.15, -0.1) is 11.3 Å². The van der Waals surface area contributed by atoms with Gasteiger partial charge in [0.05, 0.1) is 12.2 Å². The van der Waals surface area contributed by atoms with Crippen LogP contribution in [0.25, 0.3) is 11.3 Å². The van der Waals surface area contributed by atoms with Crippen LogP contribution in [0.1, 0.15) is 34.1 Å². The fourth-order valence-electron chi connectivity index (χ4n) is 3.27. The molecule has 38 heavy (non-hydrogen) atoms. The van der Waals surface area contributed by atoms with Gasteiger partial charge < -0.3 is 25.0 Å². The van der Waals surface area contributed by atoms with Crippen molar-refractivity contribution in [3.63, 3.8) is 0 Å². The smallest absolute Gasteiger partial charge is 0.433 e. The zero-order chi connectivity index (χ0) is 28.2. The number of piperazine rings is 1. The molecule has 2 N–H and O–H groups in total. The highest BCUT2D eigenvalue weighted by atomic mass is 32.3. The predicted molar refractivity (Wildman–Crippen MR) is 164 cm³/mol. The van der Waals surface area contributed by atoms with Crippen LogP contribution in [0.3, 0.4) is 0 Å². The van der Waals surface area contributed by atoms with Gasteiger partial charge in [0.2, 0.25) is 0 Å². The molecule has 2 amide bonds. The first kappa shape index (κ1) is 31.6. The highest BCUT2D eigenvalue weighted by Crippen LogP contribution is 2.33. The normalized spacial score (nSPS) is 14.4.